The normalized spacial score (nSPS) is 13.4. The van der Waals surface area contributed by atoms with Crippen molar-refractivity contribution in [3.63, 3.8) is 0 Å². The highest BCUT2D eigenvalue weighted by Crippen LogP contribution is 2.40. The Morgan fingerprint density at radius 2 is 2.06 bits per heavy atom. The number of benzene rings is 1. The van der Waals surface area contributed by atoms with Crippen molar-refractivity contribution in [2.24, 2.45) is 0 Å². The summed E-state index contributed by atoms with van der Waals surface area (Å²) in [5, 5.41) is 3.28. The van der Waals surface area contributed by atoms with E-state index in [1.807, 2.05) is 12.1 Å². The number of hydrogen-bond donors (Lipinski definition) is 1. The number of fused-ring (bicyclic) bond motifs is 1. The molecular weight excluding hydrogens is 234 g/mol. The molecule has 0 unspecified atom stereocenters. The van der Waals surface area contributed by atoms with Crippen LogP contribution >= 0.6 is 0 Å². The molecule has 5 nitrogen and oxygen atoms in total. The molecule has 0 aliphatic carbocycles. The van der Waals surface area contributed by atoms with E-state index in [0.29, 0.717) is 25.6 Å². The van der Waals surface area contributed by atoms with E-state index in [4.69, 9.17) is 18.9 Å². The molecule has 5 heteroatoms. The smallest absolute Gasteiger partial charge is 0.203 e. The van der Waals surface area contributed by atoms with Crippen molar-refractivity contribution < 1.29 is 18.9 Å². The van der Waals surface area contributed by atoms with E-state index in [1.54, 1.807) is 14.2 Å². The first-order valence-corrected chi connectivity index (χ1v) is 6.01. The zero-order chi connectivity index (χ0) is 12.8. The van der Waals surface area contributed by atoms with Crippen LogP contribution < -0.4 is 19.5 Å². The average Bonchev–Trinajstić information content (AvgIpc) is 2.42. The molecule has 0 fully saturated rings. The van der Waals surface area contributed by atoms with Crippen molar-refractivity contribution in [2.75, 3.05) is 40.6 Å². The van der Waals surface area contributed by atoms with Crippen molar-refractivity contribution in [2.45, 2.75) is 6.54 Å². The monoisotopic (exact) mass is 253 g/mol. The van der Waals surface area contributed by atoms with Crippen molar-refractivity contribution in [3.8, 4) is 17.2 Å². The van der Waals surface area contributed by atoms with Crippen LogP contribution in [0.25, 0.3) is 0 Å². The Kier molecular flexibility index (Phi) is 4.66. The highest BCUT2D eigenvalue weighted by Gasteiger charge is 2.18. The fourth-order valence-corrected chi connectivity index (χ4v) is 1.84. The summed E-state index contributed by atoms with van der Waals surface area (Å²) in [6.45, 7) is 3.40. The maximum atomic E-state index is 5.58. The second kappa shape index (κ2) is 6.47. The molecule has 0 atom stereocenters. The maximum Gasteiger partial charge on any atom is 0.203 e. The predicted molar refractivity (Wildman–Crippen MR) is 67.6 cm³/mol. The van der Waals surface area contributed by atoms with Crippen LogP contribution in [0, 0.1) is 0 Å². The predicted octanol–water partition coefficient (Wildman–Crippen LogP) is 1.20. The van der Waals surface area contributed by atoms with Gasteiger partial charge in [0.2, 0.25) is 5.75 Å². The van der Waals surface area contributed by atoms with Crippen LogP contribution in [0.1, 0.15) is 5.56 Å². The van der Waals surface area contributed by atoms with Gasteiger partial charge in [0.05, 0.1) is 13.7 Å². The van der Waals surface area contributed by atoms with E-state index in [-0.39, 0.29) is 0 Å². The fraction of sp³-hybridized carbons (Fsp3) is 0.538. The minimum atomic E-state index is 0.564. The Bertz CT molecular complexity index is 378. The average molecular weight is 253 g/mol. The van der Waals surface area contributed by atoms with Crippen LogP contribution in [0.4, 0.5) is 0 Å². The van der Waals surface area contributed by atoms with E-state index in [1.165, 1.54) is 0 Å². The summed E-state index contributed by atoms with van der Waals surface area (Å²) in [5.74, 6) is 2.17. The lowest BCUT2D eigenvalue weighted by Gasteiger charge is -2.21. The van der Waals surface area contributed by atoms with Gasteiger partial charge in [-0.15, -0.1) is 0 Å². The molecule has 1 aliphatic rings. The quantitative estimate of drug-likeness (QED) is 0.772. The first kappa shape index (κ1) is 13.0. The summed E-state index contributed by atoms with van der Waals surface area (Å²) in [6, 6.07) is 3.95. The third-order valence-electron chi connectivity index (χ3n) is 2.70. The molecule has 0 aromatic heterocycles. The van der Waals surface area contributed by atoms with Gasteiger partial charge in [0, 0.05) is 20.2 Å². The molecule has 0 spiro atoms. The molecule has 0 saturated carbocycles. The molecule has 18 heavy (non-hydrogen) atoms. The molecule has 1 N–H and O–H groups in total. The molecule has 0 radical (unpaired) electrons. The number of ether oxygens (including phenoxy) is 4. The minimum absolute atomic E-state index is 0.564. The third-order valence-corrected chi connectivity index (χ3v) is 2.70. The topological polar surface area (TPSA) is 49.0 Å². The molecule has 1 heterocycles. The summed E-state index contributed by atoms with van der Waals surface area (Å²) in [5.41, 5.74) is 1.10. The van der Waals surface area contributed by atoms with Crippen LogP contribution in [0.15, 0.2) is 12.1 Å². The number of hydrogen-bond acceptors (Lipinski definition) is 5. The lowest BCUT2D eigenvalue weighted by Crippen LogP contribution is -2.20. The van der Waals surface area contributed by atoms with Crippen molar-refractivity contribution in [3.05, 3.63) is 17.7 Å². The number of rotatable bonds is 6. The molecule has 0 amide bonds. The van der Waals surface area contributed by atoms with Gasteiger partial charge in [-0.25, -0.2) is 0 Å². The van der Waals surface area contributed by atoms with E-state index in [0.717, 1.165) is 30.2 Å². The largest absolute Gasteiger partial charge is 0.493 e. The fourth-order valence-electron chi connectivity index (χ4n) is 1.84. The third kappa shape index (κ3) is 3.05. The first-order chi connectivity index (χ1) is 8.85. The highest BCUT2D eigenvalue weighted by atomic mass is 16.6. The Labute approximate surface area is 107 Å². The molecule has 1 aromatic carbocycles. The summed E-state index contributed by atoms with van der Waals surface area (Å²) in [4.78, 5) is 0. The Hall–Kier alpha value is -1.46. The standard InChI is InChI=1S/C13H19NO4/c1-15-4-3-14-9-10-7-11(16-2)13-12(8-10)17-5-6-18-13/h7-8,14H,3-6,9H2,1-2H3. The maximum absolute atomic E-state index is 5.58. The molecule has 0 bridgehead atoms. The molecule has 1 aliphatic heterocycles. The first-order valence-electron chi connectivity index (χ1n) is 6.01. The highest BCUT2D eigenvalue weighted by molar-refractivity contribution is 5.54. The molecule has 100 valence electrons. The Balaban J connectivity index is 2.06. The van der Waals surface area contributed by atoms with Crippen LogP contribution in [0.3, 0.4) is 0 Å². The second-order valence-electron chi connectivity index (χ2n) is 3.99. The second-order valence-corrected chi connectivity index (χ2v) is 3.99. The summed E-state index contributed by atoms with van der Waals surface area (Å²) in [7, 11) is 3.32. The van der Waals surface area contributed by atoms with Gasteiger partial charge in [0.25, 0.3) is 0 Å². The minimum Gasteiger partial charge on any atom is -0.493 e. The summed E-state index contributed by atoms with van der Waals surface area (Å²) >= 11 is 0. The molecule has 0 saturated heterocycles. The van der Waals surface area contributed by atoms with Crippen LogP contribution in [-0.2, 0) is 11.3 Å². The van der Waals surface area contributed by atoms with Crippen LogP contribution in [-0.4, -0.2) is 40.6 Å². The van der Waals surface area contributed by atoms with Gasteiger partial charge in [-0.1, -0.05) is 0 Å². The Morgan fingerprint density at radius 1 is 1.22 bits per heavy atom. The molecule has 2 rings (SSSR count). The summed E-state index contributed by atoms with van der Waals surface area (Å²) in [6.07, 6.45) is 0. The van der Waals surface area contributed by atoms with Gasteiger partial charge < -0.3 is 24.3 Å². The lowest BCUT2D eigenvalue weighted by atomic mass is 10.1. The van der Waals surface area contributed by atoms with Gasteiger partial charge in [-0.05, 0) is 17.7 Å². The molecule has 1 aromatic rings. The van der Waals surface area contributed by atoms with E-state index in [2.05, 4.69) is 5.32 Å². The van der Waals surface area contributed by atoms with Crippen LogP contribution in [0.2, 0.25) is 0 Å². The van der Waals surface area contributed by atoms with Gasteiger partial charge in [0.15, 0.2) is 11.5 Å². The lowest BCUT2D eigenvalue weighted by molar-refractivity contribution is 0.165. The van der Waals surface area contributed by atoms with Crippen molar-refractivity contribution >= 4 is 0 Å². The number of nitrogens with one attached hydrogen (secondary N) is 1. The van der Waals surface area contributed by atoms with Crippen molar-refractivity contribution in [1.82, 2.24) is 5.32 Å². The number of methoxy groups -OCH3 is 2. The van der Waals surface area contributed by atoms with Gasteiger partial charge in [-0.3, -0.25) is 0 Å². The van der Waals surface area contributed by atoms with Crippen molar-refractivity contribution in [1.29, 1.82) is 0 Å². The van der Waals surface area contributed by atoms with E-state index < -0.39 is 0 Å². The Morgan fingerprint density at radius 3 is 2.83 bits per heavy atom. The zero-order valence-corrected chi connectivity index (χ0v) is 10.8. The summed E-state index contributed by atoms with van der Waals surface area (Å²) < 4.78 is 21.4. The van der Waals surface area contributed by atoms with Crippen LogP contribution in [0.5, 0.6) is 17.2 Å². The SMILES string of the molecule is COCCNCc1cc(OC)c2c(c1)OCCO2. The molecular formula is C13H19NO4. The van der Waals surface area contributed by atoms with Gasteiger partial charge >= 0.3 is 0 Å². The zero-order valence-electron chi connectivity index (χ0n) is 10.8. The van der Waals surface area contributed by atoms with Gasteiger partial charge in [0.1, 0.15) is 13.2 Å². The van der Waals surface area contributed by atoms with E-state index >= 15 is 0 Å². The van der Waals surface area contributed by atoms with Gasteiger partial charge in [-0.2, -0.15) is 0 Å². The van der Waals surface area contributed by atoms with E-state index in [9.17, 15) is 0 Å².